The van der Waals surface area contributed by atoms with Crippen molar-refractivity contribution >= 4 is 0 Å². The van der Waals surface area contributed by atoms with E-state index in [4.69, 9.17) is 4.74 Å². The van der Waals surface area contributed by atoms with Crippen LogP contribution >= 0.6 is 0 Å². The molecule has 2 aromatic rings. The fourth-order valence-electron chi connectivity index (χ4n) is 2.63. The number of unbranched alkanes of at least 4 members (excludes halogenated alkanes) is 3. The zero-order valence-corrected chi connectivity index (χ0v) is 15.6. The summed E-state index contributed by atoms with van der Waals surface area (Å²) in [6.07, 6.45) is 6.22. The molecule has 0 aromatic heterocycles. The first-order valence-electron chi connectivity index (χ1n) is 9.37. The molecule has 138 valence electrons. The van der Waals surface area contributed by atoms with Crippen LogP contribution < -0.4 is 4.74 Å². The first-order chi connectivity index (χ1) is 12.7. The van der Waals surface area contributed by atoms with Crippen molar-refractivity contribution in [1.82, 2.24) is 0 Å². The minimum atomic E-state index is -0.967. The molecule has 0 aliphatic carbocycles. The molecule has 0 radical (unpaired) electrons. The Morgan fingerprint density at radius 2 is 1.58 bits per heavy atom. The van der Waals surface area contributed by atoms with Gasteiger partial charge in [0.05, 0.1) is 12.2 Å². The van der Waals surface area contributed by atoms with Gasteiger partial charge < -0.3 is 4.74 Å². The molecule has 2 rings (SSSR count). The summed E-state index contributed by atoms with van der Waals surface area (Å²) in [7, 11) is 0. The van der Waals surface area contributed by atoms with Gasteiger partial charge in [0.2, 0.25) is 5.82 Å². The summed E-state index contributed by atoms with van der Waals surface area (Å²) in [5.74, 6) is 3.63. The fraction of sp³-hybridized carbons (Fsp3) is 0.391. The molecule has 0 N–H and O–H groups in total. The van der Waals surface area contributed by atoms with Crippen LogP contribution in [0.5, 0.6) is 5.75 Å². The predicted molar refractivity (Wildman–Crippen MR) is 102 cm³/mol. The Kier molecular flexibility index (Phi) is 8.15. The molecular formula is C23H26F2O. The Balaban J connectivity index is 2.03. The van der Waals surface area contributed by atoms with Crippen molar-refractivity contribution in [3.05, 3.63) is 64.7 Å². The van der Waals surface area contributed by atoms with E-state index in [9.17, 15) is 8.78 Å². The van der Waals surface area contributed by atoms with Gasteiger partial charge in [0.1, 0.15) is 0 Å². The minimum absolute atomic E-state index is 0.0402. The Morgan fingerprint density at radius 1 is 0.808 bits per heavy atom. The van der Waals surface area contributed by atoms with Gasteiger partial charge in [-0.3, -0.25) is 0 Å². The smallest absolute Gasteiger partial charge is 0.201 e. The quantitative estimate of drug-likeness (QED) is 0.400. The molecule has 0 saturated carbocycles. The lowest BCUT2D eigenvalue weighted by Crippen LogP contribution is -2.01. The second-order valence-corrected chi connectivity index (χ2v) is 6.35. The molecule has 0 atom stereocenters. The maximum absolute atomic E-state index is 14.2. The molecule has 0 heterocycles. The van der Waals surface area contributed by atoms with Gasteiger partial charge in [-0.25, -0.2) is 4.39 Å². The van der Waals surface area contributed by atoms with Crippen molar-refractivity contribution in [3.8, 4) is 17.6 Å². The summed E-state index contributed by atoms with van der Waals surface area (Å²) in [6.45, 7) is 4.64. The molecule has 0 amide bonds. The van der Waals surface area contributed by atoms with Crippen molar-refractivity contribution in [2.24, 2.45) is 0 Å². The lowest BCUT2D eigenvalue weighted by Gasteiger charge is -2.08. The topological polar surface area (TPSA) is 9.23 Å². The highest BCUT2D eigenvalue weighted by Gasteiger charge is 2.13. The summed E-state index contributed by atoms with van der Waals surface area (Å²) in [5.41, 5.74) is 2.06. The van der Waals surface area contributed by atoms with Gasteiger partial charge in [0.25, 0.3) is 0 Å². The number of halogens is 2. The van der Waals surface area contributed by atoms with Crippen molar-refractivity contribution in [2.75, 3.05) is 6.61 Å². The molecule has 1 nitrogen and oxygen atoms in total. The molecule has 0 aliphatic rings. The second kappa shape index (κ2) is 10.6. The van der Waals surface area contributed by atoms with Crippen molar-refractivity contribution < 1.29 is 13.5 Å². The lowest BCUT2D eigenvalue weighted by atomic mass is 10.1. The average Bonchev–Trinajstić information content (AvgIpc) is 2.65. The number of benzene rings is 2. The SMILES string of the molecule is CCCCCCOc1ccc(C#Cc2ccc(CCC)cc2)c(F)c1F. The van der Waals surface area contributed by atoms with Gasteiger partial charge in [-0.1, -0.05) is 63.5 Å². The molecule has 0 unspecified atom stereocenters. The third kappa shape index (κ3) is 5.88. The highest BCUT2D eigenvalue weighted by molar-refractivity contribution is 5.46. The highest BCUT2D eigenvalue weighted by Crippen LogP contribution is 2.22. The maximum atomic E-state index is 14.2. The third-order valence-electron chi connectivity index (χ3n) is 4.14. The monoisotopic (exact) mass is 356 g/mol. The Morgan fingerprint density at radius 3 is 2.27 bits per heavy atom. The second-order valence-electron chi connectivity index (χ2n) is 6.35. The third-order valence-corrected chi connectivity index (χ3v) is 4.14. The Labute approximate surface area is 155 Å². The number of hydrogen-bond acceptors (Lipinski definition) is 1. The fourth-order valence-corrected chi connectivity index (χ4v) is 2.63. The highest BCUT2D eigenvalue weighted by atomic mass is 19.2. The molecule has 0 aliphatic heterocycles. The van der Waals surface area contributed by atoms with E-state index in [0.717, 1.165) is 44.1 Å². The van der Waals surface area contributed by atoms with E-state index in [-0.39, 0.29) is 11.3 Å². The maximum Gasteiger partial charge on any atom is 0.201 e. The summed E-state index contributed by atoms with van der Waals surface area (Å²) in [6, 6.07) is 10.8. The van der Waals surface area contributed by atoms with Crippen molar-refractivity contribution in [2.45, 2.75) is 52.4 Å². The van der Waals surface area contributed by atoms with Crippen LogP contribution in [0.25, 0.3) is 0 Å². The van der Waals surface area contributed by atoms with Crippen LogP contribution in [0, 0.1) is 23.5 Å². The normalized spacial score (nSPS) is 10.3. The van der Waals surface area contributed by atoms with E-state index in [1.54, 1.807) is 0 Å². The summed E-state index contributed by atoms with van der Waals surface area (Å²) in [5, 5.41) is 0. The first-order valence-corrected chi connectivity index (χ1v) is 9.37. The van der Waals surface area contributed by atoms with E-state index in [1.807, 2.05) is 24.3 Å². The van der Waals surface area contributed by atoms with Crippen molar-refractivity contribution in [3.63, 3.8) is 0 Å². The number of ether oxygens (including phenoxy) is 1. The number of hydrogen-bond donors (Lipinski definition) is 0. The van der Waals surface area contributed by atoms with Crippen LogP contribution in [0.1, 0.15) is 62.6 Å². The van der Waals surface area contributed by atoms with Crippen LogP contribution in [-0.2, 0) is 6.42 Å². The zero-order valence-electron chi connectivity index (χ0n) is 15.6. The zero-order chi connectivity index (χ0) is 18.8. The number of rotatable bonds is 8. The molecule has 26 heavy (non-hydrogen) atoms. The minimum Gasteiger partial charge on any atom is -0.490 e. The largest absolute Gasteiger partial charge is 0.490 e. The van der Waals surface area contributed by atoms with Crippen LogP contribution in [0.2, 0.25) is 0 Å². The van der Waals surface area contributed by atoms with Crippen LogP contribution in [0.15, 0.2) is 36.4 Å². The molecular weight excluding hydrogens is 330 g/mol. The Hall–Kier alpha value is -2.34. The predicted octanol–water partition coefficient (Wildman–Crippen LogP) is 6.28. The van der Waals surface area contributed by atoms with E-state index >= 15 is 0 Å². The molecule has 3 heteroatoms. The van der Waals surface area contributed by atoms with E-state index in [1.165, 1.54) is 17.7 Å². The summed E-state index contributed by atoms with van der Waals surface area (Å²) >= 11 is 0. The summed E-state index contributed by atoms with van der Waals surface area (Å²) < 4.78 is 33.7. The molecule has 2 aromatic carbocycles. The molecule has 0 spiro atoms. The van der Waals surface area contributed by atoms with Gasteiger partial charge in [0.15, 0.2) is 11.6 Å². The van der Waals surface area contributed by atoms with Crippen LogP contribution in [0.4, 0.5) is 8.78 Å². The summed E-state index contributed by atoms with van der Waals surface area (Å²) in [4.78, 5) is 0. The molecule has 0 bridgehead atoms. The first kappa shape index (κ1) is 20.0. The Bertz CT molecular complexity index is 754. The number of aryl methyl sites for hydroxylation is 1. The van der Waals surface area contributed by atoms with Crippen LogP contribution in [-0.4, -0.2) is 6.61 Å². The van der Waals surface area contributed by atoms with Gasteiger partial charge in [-0.15, -0.1) is 0 Å². The van der Waals surface area contributed by atoms with E-state index < -0.39 is 11.6 Å². The standard InChI is InChI=1S/C23H26F2O/c1-3-5-6-7-17-26-21-16-15-20(22(24)23(21)25)14-13-19-11-9-18(8-4-2)10-12-19/h9-12,15-16H,3-8,17H2,1-2H3. The molecule has 0 saturated heterocycles. The van der Waals surface area contributed by atoms with Crippen LogP contribution in [0.3, 0.4) is 0 Å². The van der Waals surface area contributed by atoms with Gasteiger partial charge in [0, 0.05) is 5.56 Å². The van der Waals surface area contributed by atoms with Gasteiger partial charge >= 0.3 is 0 Å². The van der Waals surface area contributed by atoms with Gasteiger partial charge in [-0.2, -0.15) is 4.39 Å². The van der Waals surface area contributed by atoms with E-state index in [0.29, 0.717) is 6.61 Å². The molecule has 0 fully saturated rings. The lowest BCUT2D eigenvalue weighted by molar-refractivity contribution is 0.285. The van der Waals surface area contributed by atoms with Crippen molar-refractivity contribution in [1.29, 1.82) is 0 Å². The average molecular weight is 356 g/mol. The van der Waals surface area contributed by atoms with Gasteiger partial charge in [-0.05, 0) is 42.7 Å². The van der Waals surface area contributed by atoms with E-state index in [2.05, 4.69) is 25.7 Å².